The Labute approximate surface area is 92.4 Å². The largest absolute Gasteiger partial charge is 0.491 e. The molecule has 6 nitrogen and oxygen atoms in total. The van der Waals surface area contributed by atoms with E-state index in [9.17, 15) is 4.79 Å². The second-order valence-electron chi connectivity index (χ2n) is 3.20. The van der Waals surface area contributed by atoms with E-state index in [1.165, 1.54) is 24.3 Å². The number of hydrogen-bond donors (Lipinski definition) is 4. The summed E-state index contributed by atoms with van der Waals surface area (Å²) in [7, 11) is -1.53. The quantitative estimate of drug-likeness (QED) is 0.438. The van der Waals surface area contributed by atoms with E-state index in [1.54, 1.807) is 0 Å². The summed E-state index contributed by atoms with van der Waals surface area (Å²) in [5.74, 6) is -0.719. The molecule has 0 fully saturated rings. The maximum atomic E-state index is 10.4. The van der Waals surface area contributed by atoms with Crippen LogP contribution in [0.4, 0.5) is 0 Å². The first kappa shape index (κ1) is 12.5. The van der Waals surface area contributed by atoms with E-state index in [4.69, 9.17) is 25.6 Å². The van der Waals surface area contributed by atoms with E-state index in [1.807, 2.05) is 0 Å². The first-order chi connectivity index (χ1) is 7.50. The van der Waals surface area contributed by atoms with Crippen molar-refractivity contribution in [2.75, 3.05) is 6.61 Å². The molecular formula is C9H12BNO5. The van der Waals surface area contributed by atoms with Crippen molar-refractivity contribution in [3.05, 3.63) is 24.3 Å². The van der Waals surface area contributed by atoms with Crippen molar-refractivity contribution in [1.82, 2.24) is 0 Å². The van der Waals surface area contributed by atoms with Gasteiger partial charge in [0, 0.05) is 0 Å². The minimum atomic E-state index is -1.53. The first-order valence-electron chi connectivity index (χ1n) is 4.58. The number of carboxylic acid groups (broad SMARTS) is 1. The van der Waals surface area contributed by atoms with E-state index in [-0.39, 0.29) is 6.61 Å². The van der Waals surface area contributed by atoms with Crippen LogP contribution in [-0.2, 0) is 4.79 Å². The maximum Gasteiger partial charge on any atom is 0.488 e. The molecule has 0 heterocycles. The van der Waals surface area contributed by atoms with E-state index >= 15 is 0 Å². The number of hydrogen-bond acceptors (Lipinski definition) is 5. The predicted molar refractivity (Wildman–Crippen MR) is 57.4 cm³/mol. The highest BCUT2D eigenvalue weighted by molar-refractivity contribution is 6.58. The minimum Gasteiger partial charge on any atom is -0.491 e. The van der Waals surface area contributed by atoms with Crippen molar-refractivity contribution in [2.45, 2.75) is 6.04 Å². The lowest BCUT2D eigenvalue weighted by Crippen LogP contribution is -2.36. The third-order valence-corrected chi connectivity index (χ3v) is 1.92. The second kappa shape index (κ2) is 5.50. The molecule has 0 amide bonds. The van der Waals surface area contributed by atoms with Crippen LogP contribution in [-0.4, -0.2) is 40.9 Å². The summed E-state index contributed by atoms with van der Waals surface area (Å²) < 4.78 is 5.09. The minimum absolute atomic E-state index is 0.143. The van der Waals surface area contributed by atoms with Crippen molar-refractivity contribution < 1.29 is 24.7 Å². The molecular weight excluding hydrogens is 213 g/mol. The van der Waals surface area contributed by atoms with Gasteiger partial charge in [-0.25, -0.2) is 0 Å². The SMILES string of the molecule is N[C@@H](COc1ccc(B(O)O)cc1)C(=O)O. The number of ether oxygens (including phenoxy) is 1. The lowest BCUT2D eigenvalue weighted by Gasteiger charge is -2.09. The maximum absolute atomic E-state index is 10.4. The van der Waals surface area contributed by atoms with Gasteiger partial charge in [-0.2, -0.15) is 0 Å². The zero-order valence-corrected chi connectivity index (χ0v) is 8.41. The van der Waals surface area contributed by atoms with Crippen molar-refractivity contribution in [1.29, 1.82) is 0 Å². The first-order valence-corrected chi connectivity index (χ1v) is 4.58. The molecule has 0 aromatic heterocycles. The summed E-state index contributed by atoms with van der Waals surface area (Å²) in [5, 5.41) is 26.2. The summed E-state index contributed by atoms with van der Waals surface area (Å²) in [5.41, 5.74) is 5.57. The van der Waals surface area contributed by atoms with Gasteiger partial charge in [0.1, 0.15) is 18.4 Å². The van der Waals surface area contributed by atoms with Crippen molar-refractivity contribution in [3.8, 4) is 5.75 Å². The molecule has 0 radical (unpaired) electrons. The molecule has 0 saturated carbocycles. The van der Waals surface area contributed by atoms with Crippen LogP contribution in [0.1, 0.15) is 0 Å². The van der Waals surface area contributed by atoms with Gasteiger partial charge in [-0.1, -0.05) is 12.1 Å². The fraction of sp³-hybridized carbons (Fsp3) is 0.222. The van der Waals surface area contributed by atoms with Gasteiger partial charge in [0.25, 0.3) is 0 Å². The van der Waals surface area contributed by atoms with Crippen LogP contribution in [0.2, 0.25) is 0 Å². The lowest BCUT2D eigenvalue weighted by molar-refractivity contribution is -0.139. The summed E-state index contributed by atoms with van der Waals surface area (Å²) in [4.78, 5) is 10.4. The standard InChI is InChI=1S/C9H12BNO5/c11-8(9(12)13)5-16-7-3-1-6(2-4-7)10(14)15/h1-4,8,14-15H,5,11H2,(H,12,13)/t8-/m0/s1. The monoisotopic (exact) mass is 225 g/mol. The van der Waals surface area contributed by atoms with Gasteiger partial charge in [0.15, 0.2) is 0 Å². The summed E-state index contributed by atoms with van der Waals surface area (Å²) in [6, 6.07) is 4.86. The van der Waals surface area contributed by atoms with Crippen LogP contribution >= 0.6 is 0 Å². The molecule has 0 aliphatic heterocycles. The Morgan fingerprint density at radius 3 is 2.38 bits per heavy atom. The van der Waals surface area contributed by atoms with Gasteiger partial charge in [-0.05, 0) is 17.6 Å². The fourth-order valence-electron chi connectivity index (χ4n) is 0.993. The molecule has 7 heteroatoms. The third kappa shape index (κ3) is 3.54. The van der Waals surface area contributed by atoms with Gasteiger partial charge >= 0.3 is 13.1 Å². The topological polar surface area (TPSA) is 113 Å². The smallest absolute Gasteiger partial charge is 0.488 e. The van der Waals surface area contributed by atoms with Crippen LogP contribution in [0.15, 0.2) is 24.3 Å². The summed E-state index contributed by atoms with van der Waals surface area (Å²) >= 11 is 0. The van der Waals surface area contributed by atoms with Gasteiger partial charge in [-0.15, -0.1) is 0 Å². The number of nitrogens with two attached hydrogens (primary N) is 1. The molecule has 0 saturated heterocycles. The van der Waals surface area contributed by atoms with Crippen molar-refractivity contribution in [3.63, 3.8) is 0 Å². The number of carboxylic acids is 1. The number of aliphatic carboxylic acids is 1. The highest BCUT2D eigenvalue weighted by Crippen LogP contribution is 2.07. The summed E-state index contributed by atoms with van der Waals surface area (Å²) in [6.07, 6.45) is 0. The molecule has 0 unspecified atom stereocenters. The lowest BCUT2D eigenvalue weighted by atomic mass is 9.80. The second-order valence-corrected chi connectivity index (χ2v) is 3.20. The van der Waals surface area contributed by atoms with E-state index in [0.717, 1.165) is 0 Å². The van der Waals surface area contributed by atoms with Gasteiger partial charge in [0.05, 0.1) is 0 Å². The Hall–Kier alpha value is -1.57. The number of carbonyl (C=O) groups is 1. The fourth-order valence-corrected chi connectivity index (χ4v) is 0.993. The highest BCUT2D eigenvalue weighted by atomic mass is 16.5. The molecule has 1 atom stereocenters. The van der Waals surface area contributed by atoms with Crippen LogP contribution in [0.3, 0.4) is 0 Å². The molecule has 1 aromatic carbocycles. The van der Waals surface area contributed by atoms with Crippen LogP contribution in [0.5, 0.6) is 5.75 Å². The van der Waals surface area contributed by atoms with E-state index in [0.29, 0.717) is 11.2 Å². The number of benzene rings is 1. The molecule has 1 aromatic rings. The normalized spacial score (nSPS) is 11.9. The predicted octanol–water partition coefficient (Wildman–Crippen LogP) is -1.84. The summed E-state index contributed by atoms with van der Waals surface area (Å²) in [6.45, 7) is -0.143. The van der Waals surface area contributed by atoms with E-state index < -0.39 is 19.1 Å². The zero-order valence-electron chi connectivity index (χ0n) is 8.41. The van der Waals surface area contributed by atoms with Crippen LogP contribution in [0, 0.1) is 0 Å². The van der Waals surface area contributed by atoms with Crippen LogP contribution < -0.4 is 15.9 Å². The molecule has 0 aliphatic rings. The average Bonchev–Trinajstić information content (AvgIpc) is 2.26. The van der Waals surface area contributed by atoms with Crippen molar-refractivity contribution >= 4 is 18.6 Å². The van der Waals surface area contributed by atoms with E-state index in [2.05, 4.69) is 0 Å². The third-order valence-electron chi connectivity index (χ3n) is 1.92. The van der Waals surface area contributed by atoms with Gasteiger partial charge < -0.3 is 25.6 Å². The number of rotatable bonds is 5. The Morgan fingerprint density at radius 1 is 1.38 bits per heavy atom. The van der Waals surface area contributed by atoms with Crippen molar-refractivity contribution in [2.24, 2.45) is 5.73 Å². The molecule has 5 N–H and O–H groups in total. The van der Waals surface area contributed by atoms with Gasteiger partial charge in [0.2, 0.25) is 0 Å². The Bertz CT molecular complexity index is 353. The Morgan fingerprint density at radius 2 is 1.94 bits per heavy atom. The molecule has 0 aliphatic carbocycles. The molecule has 86 valence electrons. The average molecular weight is 225 g/mol. The molecule has 1 rings (SSSR count). The molecule has 16 heavy (non-hydrogen) atoms. The Kier molecular flexibility index (Phi) is 4.30. The molecule has 0 bridgehead atoms. The molecule has 0 spiro atoms. The zero-order chi connectivity index (χ0) is 12.1. The van der Waals surface area contributed by atoms with Gasteiger partial charge in [-0.3, -0.25) is 4.79 Å². The van der Waals surface area contributed by atoms with Crippen LogP contribution in [0.25, 0.3) is 0 Å². The Balaban J connectivity index is 2.52. The highest BCUT2D eigenvalue weighted by Gasteiger charge is 2.13.